The lowest BCUT2D eigenvalue weighted by Gasteiger charge is -2.06. The van der Waals surface area contributed by atoms with Crippen molar-refractivity contribution in [2.45, 2.75) is 0 Å². The van der Waals surface area contributed by atoms with Crippen LogP contribution in [-0.4, -0.2) is 28.3 Å². The molecule has 0 aliphatic rings. The van der Waals surface area contributed by atoms with Crippen LogP contribution < -0.4 is 10.2 Å². The fourth-order valence-electron chi connectivity index (χ4n) is 2.22. The van der Waals surface area contributed by atoms with Gasteiger partial charge in [0.2, 0.25) is 5.13 Å². The van der Waals surface area contributed by atoms with Crippen LogP contribution in [0.25, 0.3) is 11.3 Å². The number of non-ortho nitro benzene ring substituents is 1. The predicted octanol–water partition coefficient (Wildman–Crippen LogP) is 4.64. The van der Waals surface area contributed by atoms with Gasteiger partial charge in [0.15, 0.2) is 11.5 Å². The lowest BCUT2D eigenvalue weighted by Crippen LogP contribution is -1.92. The number of aromatic hydroxyl groups is 1. The molecule has 0 atom stereocenters. The van der Waals surface area contributed by atoms with E-state index in [0.29, 0.717) is 32.2 Å². The molecule has 0 saturated carbocycles. The molecule has 0 spiro atoms. The summed E-state index contributed by atoms with van der Waals surface area (Å²) in [5.74, 6) is 0.345. The van der Waals surface area contributed by atoms with Crippen LogP contribution in [0.3, 0.4) is 0 Å². The standard InChI is InChI=1S/C17H13BrN4O4S/c1-26-15-6-10(5-13(18)16(15)23)8-19-21-17-20-14(9-27-17)11-3-2-4-12(7-11)22(24)25/h2-9,23H,1H3,(H,20,21)/b19-8-. The Balaban J connectivity index is 1.73. The SMILES string of the molecule is COc1cc(/C=N\Nc2nc(-c3cccc([N+](=O)[O-])c3)cs2)cc(Br)c1O. The lowest BCUT2D eigenvalue weighted by atomic mass is 10.1. The van der Waals surface area contributed by atoms with Crippen molar-refractivity contribution in [1.82, 2.24) is 4.98 Å². The molecule has 138 valence electrons. The van der Waals surface area contributed by atoms with E-state index in [1.807, 2.05) is 0 Å². The summed E-state index contributed by atoms with van der Waals surface area (Å²) in [7, 11) is 1.46. The van der Waals surface area contributed by atoms with Gasteiger partial charge in [-0.05, 0) is 33.6 Å². The van der Waals surface area contributed by atoms with Crippen molar-refractivity contribution in [3.63, 3.8) is 0 Å². The van der Waals surface area contributed by atoms with Gasteiger partial charge in [0.05, 0.1) is 28.4 Å². The van der Waals surface area contributed by atoms with Crippen LogP contribution >= 0.6 is 27.3 Å². The number of hydrogen-bond donors (Lipinski definition) is 2. The highest BCUT2D eigenvalue weighted by Gasteiger charge is 2.10. The smallest absolute Gasteiger partial charge is 0.270 e. The van der Waals surface area contributed by atoms with Crippen LogP contribution in [-0.2, 0) is 0 Å². The van der Waals surface area contributed by atoms with Gasteiger partial charge >= 0.3 is 0 Å². The van der Waals surface area contributed by atoms with Crippen LogP contribution in [0.15, 0.2) is 51.4 Å². The number of anilines is 1. The summed E-state index contributed by atoms with van der Waals surface area (Å²) >= 11 is 4.58. The van der Waals surface area contributed by atoms with E-state index in [1.54, 1.807) is 35.9 Å². The molecular formula is C17H13BrN4O4S. The maximum absolute atomic E-state index is 10.9. The topological polar surface area (TPSA) is 110 Å². The minimum atomic E-state index is -0.441. The Labute approximate surface area is 166 Å². The maximum atomic E-state index is 10.9. The van der Waals surface area contributed by atoms with E-state index in [2.05, 4.69) is 31.4 Å². The molecule has 0 radical (unpaired) electrons. The number of rotatable bonds is 6. The molecule has 0 aliphatic heterocycles. The Morgan fingerprint density at radius 3 is 2.96 bits per heavy atom. The number of nitrogens with one attached hydrogen (secondary N) is 1. The fourth-order valence-corrected chi connectivity index (χ4v) is 3.35. The van der Waals surface area contributed by atoms with E-state index in [-0.39, 0.29) is 11.4 Å². The number of thiazole rings is 1. The summed E-state index contributed by atoms with van der Waals surface area (Å²) in [5, 5.41) is 27.1. The minimum absolute atomic E-state index is 0.0138. The summed E-state index contributed by atoms with van der Waals surface area (Å²) in [6, 6.07) is 9.62. The molecule has 3 rings (SSSR count). The number of phenols is 1. The highest BCUT2D eigenvalue weighted by atomic mass is 79.9. The number of methoxy groups -OCH3 is 1. The summed E-state index contributed by atoms with van der Waals surface area (Å²) in [6.45, 7) is 0. The summed E-state index contributed by atoms with van der Waals surface area (Å²) < 4.78 is 5.58. The number of nitro groups is 1. The van der Waals surface area contributed by atoms with E-state index in [1.165, 1.54) is 30.6 Å². The van der Waals surface area contributed by atoms with Gasteiger partial charge in [0.1, 0.15) is 0 Å². The molecular weight excluding hydrogens is 436 g/mol. The number of hydrazone groups is 1. The molecule has 8 nitrogen and oxygen atoms in total. The van der Waals surface area contributed by atoms with E-state index >= 15 is 0 Å². The Bertz CT molecular complexity index is 1020. The van der Waals surface area contributed by atoms with Crippen molar-refractivity contribution in [2.75, 3.05) is 12.5 Å². The number of ether oxygens (including phenoxy) is 1. The zero-order chi connectivity index (χ0) is 19.4. The second kappa shape index (κ2) is 8.14. The second-order valence-electron chi connectivity index (χ2n) is 5.27. The number of nitrogens with zero attached hydrogens (tertiary/aromatic N) is 3. The number of phenolic OH excluding ortho intramolecular Hbond substituents is 1. The van der Waals surface area contributed by atoms with Gasteiger partial charge in [0.25, 0.3) is 5.69 Å². The molecule has 2 aromatic carbocycles. The first kappa shape index (κ1) is 18.8. The Morgan fingerprint density at radius 2 is 2.22 bits per heavy atom. The van der Waals surface area contributed by atoms with Crippen LogP contribution in [0.4, 0.5) is 10.8 Å². The minimum Gasteiger partial charge on any atom is -0.503 e. The maximum Gasteiger partial charge on any atom is 0.270 e. The normalized spacial score (nSPS) is 10.9. The fraction of sp³-hybridized carbons (Fsp3) is 0.0588. The van der Waals surface area contributed by atoms with Gasteiger partial charge in [-0.2, -0.15) is 5.10 Å². The number of hydrogen-bond acceptors (Lipinski definition) is 8. The molecule has 27 heavy (non-hydrogen) atoms. The monoisotopic (exact) mass is 448 g/mol. The molecule has 0 aliphatic carbocycles. The largest absolute Gasteiger partial charge is 0.503 e. The summed E-state index contributed by atoms with van der Waals surface area (Å²) in [6.07, 6.45) is 1.56. The number of aromatic nitrogens is 1. The highest BCUT2D eigenvalue weighted by molar-refractivity contribution is 9.10. The molecule has 1 aromatic heterocycles. The molecule has 3 aromatic rings. The second-order valence-corrected chi connectivity index (χ2v) is 6.98. The van der Waals surface area contributed by atoms with Crippen molar-refractivity contribution in [3.8, 4) is 22.8 Å². The van der Waals surface area contributed by atoms with E-state index in [9.17, 15) is 15.2 Å². The van der Waals surface area contributed by atoms with Gasteiger partial charge in [0, 0.05) is 23.1 Å². The predicted molar refractivity (Wildman–Crippen MR) is 108 cm³/mol. The van der Waals surface area contributed by atoms with Gasteiger partial charge in [-0.1, -0.05) is 12.1 Å². The summed E-state index contributed by atoms with van der Waals surface area (Å²) in [5.41, 5.74) is 4.82. The molecule has 2 N–H and O–H groups in total. The third-order valence-corrected chi connectivity index (χ3v) is 4.85. The third-order valence-electron chi connectivity index (χ3n) is 3.50. The first-order valence-corrected chi connectivity index (χ1v) is 9.21. The van der Waals surface area contributed by atoms with Crippen molar-refractivity contribution in [3.05, 3.63) is 61.9 Å². The van der Waals surface area contributed by atoms with Crippen molar-refractivity contribution in [2.24, 2.45) is 5.10 Å². The van der Waals surface area contributed by atoms with Crippen LogP contribution in [0, 0.1) is 10.1 Å². The zero-order valence-corrected chi connectivity index (χ0v) is 16.3. The number of nitro benzene ring substituents is 1. The first-order chi connectivity index (χ1) is 13.0. The van der Waals surface area contributed by atoms with Crippen LogP contribution in [0.1, 0.15) is 5.56 Å². The molecule has 1 heterocycles. The zero-order valence-electron chi connectivity index (χ0n) is 13.9. The van der Waals surface area contributed by atoms with Gasteiger partial charge in [-0.3, -0.25) is 15.5 Å². The molecule has 0 unspecified atom stereocenters. The van der Waals surface area contributed by atoms with Crippen LogP contribution in [0.2, 0.25) is 0 Å². The molecule has 10 heteroatoms. The first-order valence-electron chi connectivity index (χ1n) is 7.54. The average Bonchev–Trinajstić information content (AvgIpc) is 3.13. The van der Waals surface area contributed by atoms with Crippen LogP contribution in [0.5, 0.6) is 11.5 Å². The van der Waals surface area contributed by atoms with Gasteiger partial charge in [-0.25, -0.2) is 4.98 Å². The van der Waals surface area contributed by atoms with E-state index in [4.69, 9.17) is 4.74 Å². The number of halogens is 1. The summed E-state index contributed by atoms with van der Waals surface area (Å²) in [4.78, 5) is 14.8. The molecule has 0 amide bonds. The molecule has 0 bridgehead atoms. The quantitative estimate of drug-likeness (QED) is 0.322. The van der Waals surface area contributed by atoms with Crippen molar-refractivity contribution in [1.29, 1.82) is 0 Å². The van der Waals surface area contributed by atoms with Crippen molar-refractivity contribution < 1.29 is 14.8 Å². The highest BCUT2D eigenvalue weighted by Crippen LogP contribution is 2.34. The number of benzene rings is 2. The van der Waals surface area contributed by atoms with E-state index < -0.39 is 4.92 Å². The lowest BCUT2D eigenvalue weighted by molar-refractivity contribution is -0.384. The van der Waals surface area contributed by atoms with Gasteiger partial charge in [-0.15, -0.1) is 11.3 Å². The Kier molecular flexibility index (Phi) is 5.67. The Hall–Kier alpha value is -2.98. The third kappa shape index (κ3) is 4.41. The Morgan fingerprint density at radius 1 is 1.41 bits per heavy atom. The average molecular weight is 449 g/mol. The molecule has 0 fully saturated rings. The van der Waals surface area contributed by atoms with E-state index in [0.717, 1.165) is 0 Å². The molecule has 0 saturated heterocycles. The van der Waals surface area contributed by atoms with Crippen molar-refractivity contribution >= 4 is 44.3 Å². The van der Waals surface area contributed by atoms with Gasteiger partial charge < -0.3 is 9.84 Å².